The minimum absolute atomic E-state index is 0.126. The van der Waals surface area contributed by atoms with Gasteiger partial charge in [-0.2, -0.15) is 9.40 Å². The Kier molecular flexibility index (Phi) is 8.74. The van der Waals surface area contributed by atoms with Gasteiger partial charge in [0.25, 0.3) is 0 Å². The predicted molar refractivity (Wildman–Crippen MR) is 169 cm³/mol. The Labute approximate surface area is 267 Å². The number of H-pyrrole nitrogens is 1. The Morgan fingerprint density at radius 1 is 1.04 bits per heavy atom. The number of hydrogen-bond acceptors (Lipinski definition) is 8. The molecular formula is C32H39F2N7O4S. The molecule has 1 amide bonds. The van der Waals surface area contributed by atoms with Gasteiger partial charge in [0.2, 0.25) is 15.9 Å². The Hall–Kier alpha value is -3.72. The molecule has 1 unspecified atom stereocenters. The summed E-state index contributed by atoms with van der Waals surface area (Å²) in [6.07, 6.45) is 2.54. The van der Waals surface area contributed by atoms with Crippen molar-refractivity contribution >= 4 is 33.1 Å². The Balaban J connectivity index is 1.27. The van der Waals surface area contributed by atoms with Crippen molar-refractivity contribution in [3.8, 4) is 0 Å². The van der Waals surface area contributed by atoms with Crippen LogP contribution in [-0.2, 0) is 33.3 Å². The molecular weight excluding hydrogens is 616 g/mol. The van der Waals surface area contributed by atoms with Gasteiger partial charge in [-0.05, 0) is 70.6 Å². The molecule has 3 aliphatic heterocycles. The molecule has 2 aromatic carbocycles. The summed E-state index contributed by atoms with van der Waals surface area (Å²) in [7, 11) is -2.25. The molecule has 246 valence electrons. The van der Waals surface area contributed by atoms with E-state index in [1.807, 2.05) is 12.1 Å². The molecule has 11 nitrogen and oxygen atoms in total. The van der Waals surface area contributed by atoms with Crippen LogP contribution in [-0.4, -0.2) is 85.3 Å². The number of fused-ring (bicyclic) bond motifs is 1. The van der Waals surface area contributed by atoms with E-state index in [4.69, 9.17) is 0 Å². The number of nitrogens with zero attached hydrogens (tertiary/aromatic N) is 4. The second-order valence-electron chi connectivity index (χ2n) is 12.8. The van der Waals surface area contributed by atoms with E-state index >= 15 is 0 Å². The van der Waals surface area contributed by atoms with Crippen LogP contribution in [0, 0.1) is 11.6 Å². The summed E-state index contributed by atoms with van der Waals surface area (Å²) in [4.78, 5) is 31.2. The zero-order valence-electron chi connectivity index (χ0n) is 26.2. The molecule has 3 N–H and O–H groups in total. The van der Waals surface area contributed by atoms with E-state index in [1.54, 1.807) is 19.9 Å². The number of piperidine rings is 1. The van der Waals surface area contributed by atoms with Gasteiger partial charge in [-0.25, -0.2) is 17.2 Å². The summed E-state index contributed by atoms with van der Waals surface area (Å²) < 4.78 is 56.2. The average Bonchev–Trinajstić information content (AvgIpc) is 3.55. The molecule has 14 heteroatoms. The average molecular weight is 656 g/mol. The summed E-state index contributed by atoms with van der Waals surface area (Å²) in [5.41, 5.74) is 1.91. The zero-order chi connectivity index (χ0) is 32.8. The molecule has 0 spiro atoms. The lowest BCUT2D eigenvalue weighted by atomic mass is 9.98. The SMILES string of the molecule is CN1CCN(c2ccc(C(=O)Cc3[nH]nc4c3CN(S(=O)(=O)c3cc(F)cc(F)c3)C4(C)C)c(NC(=O)C3CCCCN3)c2)CC1. The molecule has 3 aromatic rings. The number of sulfonamides is 1. The fourth-order valence-electron chi connectivity index (χ4n) is 6.56. The van der Waals surface area contributed by atoms with Crippen molar-refractivity contribution in [3.05, 3.63) is 70.5 Å². The molecule has 2 fully saturated rings. The van der Waals surface area contributed by atoms with Gasteiger partial charge >= 0.3 is 0 Å². The van der Waals surface area contributed by atoms with E-state index in [1.165, 1.54) is 0 Å². The Morgan fingerprint density at radius 3 is 2.43 bits per heavy atom. The fourth-order valence-corrected chi connectivity index (χ4v) is 8.33. The molecule has 0 saturated carbocycles. The number of amides is 1. The number of halogens is 2. The predicted octanol–water partition coefficient (Wildman–Crippen LogP) is 3.39. The number of aromatic amines is 1. The van der Waals surface area contributed by atoms with Crippen molar-refractivity contribution in [2.45, 2.75) is 62.6 Å². The van der Waals surface area contributed by atoms with Crippen LogP contribution < -0.4 is 15.5 Å². The molecule has 0 aliphatic carbocycles. The summed E-state index contributed by atoms with van der Waals surface area (Å²) in [6, 6.07) is 7.31. The molecule has 1 atom stereocenters. The molecule has 6 rings (SSSR count). The maximum Gasteiger partial charge on any atom is 0.244 e. The Bertz CT molecular complexity index is 1740. The van der Waals surface area contributed by atoms with Gasteiger partial charge in [0.05, 0.1) is 34.3 Å². The van der Waals surface area contributed by atoms with Crippen molar-refractivity contribution in [1.82, 2.24) is 24.7 Å². The number of carbonyl (C=O) groups is 2. The molecule has 46 heavy (non-hydrogen) atoms. The zero-order valence-corrected chi connectivity index (χ0v) is 27.0. The van der Waals surface area contributed by atoms with E-state index in [0.29, 0.717) is 40.7 Å². The second kappa shape index (κ2) is 12.5. The van der Waals surface area contributed by atoms with Gasteiger partial charge in [-0.15, -0.1) is 0 Å². The number of piperazine rings is 1. The van der Waals surface area contributed by atoms with Crippen LogP contribution in [0.5, 0.6) is 0 Å². The van der Waals surface area contributed by atoms with Gasteiger partial charge in [-0.1, -0.05) is 6.42 Å². The first-order valence-electron chi connectivity index (χ1n) is 15.5. The van der Waals surface area contributed by atoms with Crippen molar-refractivity contribution in [1.29, 1.82) is 0 Å². The van der Waals surface area contributed by atoms with E-state index in [9.17, 15) is 26.8 Å². The minimum Gasteiger partial charge on any atom is -0.369 e. The van der Waals surface area contributed by atoms with Crippen LogP contribution in [0.4, 0.5) is 20.2 Å². The van der Waals surface area contributed by atoms with Crippen LogP contribution in [0.15, 0.2) is 41.3 Å². The van der Waals surface area contributed by atoms with Crippen LogP contribution in [0.1, 0.15) is 60.4 Å². The number of hydrogen-bond donors (Lipinski definition) is 3. The van der Waals surface area contributed by atoms with E-state index < -0.39 is 32.1 Å². The third-order valence-electron chi connectivity index (χ3n) is 9.28. The summed E-state index contributed by atoms with van der Waals surface area (Å²) >= 11 is 0. The van der Waals surface area contributed by atoms with Crippen molar-refractivity contribution in [2.24, 2.45) is 0 Å². The quantitative estimate of drug-likeness (QED) is 0.315. The number of rotatable bonds is 8. The lowest BCUT2D eigenvalue weighted by Crippen LogP contribution is -2.44. The lowest BCUT2D eigenvalue weighted by molar-refractivity contribution is -0.118. The van der Waals surface area contributed by atoms with Crippen LogP contribution in [0.2, 0.25) is 0 Å². The first kappa shape index (κ1) is 32.2. The number of aromatic nitrogens is 2. The fraction of sp³-hybridized carbons (Fsp3) is 0.469. The highest BCUT2D eigenvalue weighted by atomic mass is 32.2. The number of likely N-dealkylation sites (N-methyl/N-ethyl adjacent to an activating group) is 1. The minimum atomic E-state index is -4.32. The van der Waals surface area contributed by atoms with Crippen LogP contribution in [0.3, 0.4) is 0 Å². The largest absolute Gasteiger partial charge is 0.369 e. The Morgan fingerprint density at radius 2 is 1.76 bits per heavy atom. The number of carbonyl (C=O) groups excluding carboxylic acids is 2. The summed E-state index contributed by atoms with van der Waals surface area (Å²) in [5.74, 6) is -2.47. The van der Waals surface area contributed by atoms with Crippen molar-refractivity contribution < 1.29 is 26.8 Å². The highest BCUT2D eigenvalue weighted by Gasteiger charge is 2.48. The molecule has 0 radical (unpaired) electrons. The third kappa shape index (κ3) is 6.18. The topological polar surface area (TPSA) is 131 Å². The van der Waals surface area contributed by atoms with E-state index in [0.717, 1.165) is 67.7 Å². The van der Waals surface area contributed by atoms with E-state index in [2.05, 4.69) is 37.7 Å². The number of ketones is 1. The van der Waals surface area contributed by atoms with Crippen molar-refractivity contribution in [2.75, 3.05) is 50.0 Å². The first-order chi connectivity index (χ1) is 21.8. The van der Waals surface area contributed by atoms with Crippen molar-refractivity contribution in [3.63, 3.8) is 0 Å². The standard InChI is InChI=1S/C32H39F2N7O4S/c1-32(2)30-25(19-41(32)46(44,45)23-15-20(33)14-21(34)16-23)28(37-38-30)18-29(42)24-8-7-22(40-12-10-39(3)11-13-40)17-27(24)36-31(43)26-6-4-5-9-35-26/h7-8,14-17,26,35H,4-6,9-13,18-19H2,1-3H3,(H,36,43)(H,37,38). The van der Waals surface area contributed by atoms with Gasteiger partial charge in [-0.3, -0.25) is 14.7 Å². The molecule has 4 heterocycles. The monoisotopic (exact) mass is 655 g/mol. The van der Waals surface area contributed by atoms with Gasteiger partial charge < -0.3 is 20.4 Å². The number of Topliss-reactive ketones (excluding diaryl/α,β-unsaturated/α-hetero) is 1. The third-order valence-corrected chi connectivity index (χ3v) is 11.3. The highest BCUT2D eigenvalue weighted by molar-refractivity contribution is 7.89. The molecule has 1 aromatic heterocycles. The maximum atomic E-state index is 14.0. The second-order valence-corrected chi connectivity index (χ2v) is 14.7. The first-order valence-corrected chi connectivity index (χ1v) is 17.0. The van der Waals surface area contributed by atoms with Crippen LogP contribution >= 0.6 is 0 Å². The van der Waals surface area contributed by atoms with Gasteiger partial charge in [0, 0.05) is 61.3 Å². The van der Waals surface area contributed by atoms with Gasteiger partial charge in [0.15, 0.2) is 5.78 Å². The summed E-state index contributed by atoms with van der Waals surface area (Å²) in [6.45, 7) is 7.37. The lowest BCUT2D eigenvalue weighted by Gasteiger charge is -2.34. The number of anilines is 2. The molecule has 3 aliphatic rings. The van der Waals surface area contributed by atoms with E-state index in [-0.39, 0.29) is 30.7 Å². The number of benzene rings is 2. The smallest absolute Gasteiger partial charge is 0.244 e. The normalized spacial score (nSPS) is 20.5. The maximum absolute atomic E-state index is 14.0. The van der Waals surface area contributed by atoms with Crippen LogP contribution in [0.25, 0.3) is 0 Å². The highest BCUT2D eigenvalue weighted by Crippen LogP contribution is 2.43. The summed E-state index contributed by atoms with van der Waals surface area (Å²) in [5, 5.41) is 13.6. The molecule has 0 bridgehead atoms. The number of nitrogens with one attached hydrogen (secondary N) is 3. The van der Waals surface area contributed by atoms with Gasteiger partial charge in [0.1, 0.15) is 11.6 Å². The molecule has 2 saturated heterocycles.